The average molecular weight is 308 g/mol. The largest absolute Gasteiger partial charge is 0.492 e. The van der Waals surface area contributed by atoms with Crippen LogP contribution >= 0.6 is 0 Å². The molecule has 3 heterocycles. The lowest BCUT2D eigenvalue weighted by Gasteiger charge is -2.24. The fraction of sp³-hybridized carbons (Fsp3) is 0.333. The maximum atomic E-state index is 5.95. The monoisotopic (exact) mass is 308 g/mol. The summed E-state index contributed by atoms with van der Waals surface area (Å²) in [7, 11) is 0. The normalized spacial score (nSPS) is 18.5. The van der Waals surface area contributed by atoms with Crippen molar-refractivity contribution >= 4 is 5.78 Å². The molecule has 118 valence electrons. The van der Waals surface area contributed by atoms with E-state index in [4.69, 9.17) is 4.74 Å². The SMILES string of the molecule is c1ccc(OCC2CCCN2Cc2cnc3ncccn23)cc1. The predicted octanol–water partition coefficient (Wildman–Crippen LogP) is 2.77. The van der Waals surface area contributed by atoms with Crippen LogP contribution in [0.5, 0.6) is 5.75 Å². The highest BCUT2D eigenvalue weighted by Gasteiger charge is 2.26. The van der Waals surface area contributed by atoms with Gasteiger partial charge >= 0.3 is 0 Å². The third kappa shape index (κ3) is 3.05. The number of likely N-dealkylation sites (tertiary alicyclic amines) is 1. The molecule has 1 fully saturated rings. The van der Waals surface area contributed by atoms with E-state index in [1.807, 2.05) is 48.8 Å². The number of para-hydroxylation sites is 1. The van der Waals surface area contributed by atoms with Gasteiger partial charge in [-0.25, -0.2) is 9.97 Å². The van der Waals surface area contributed by atoms with Gasteiger partial charge in [0.15, 0.2) is 0 Å². The fourth-order valence-electron chi connectivity index (χ4n) is 3.20. The van der Waals surface area contributed by atoms with E-state index in [2.05, 4.69) is 19.3 Å². The molecule has 1 unspecified atom stereocenters. The van der Waals surface area contributed by atoms with Gasteiger partial charge in [-0.1, -0.05) is 18.2 Å². The molecule has 1 aliphatic rings. The van der Waals surface area contributed by atoms with E-state index < -0.39 is 0 Å². The molecule has 0 amide bonds. The van der Waals surface area contributed by atoms with Gasteiger partial charge in [-0.2, -0.15) is 0 Å². The first-order chi connectivity index (χ1) is 11.4. The Labute approximate surface area is 135 Å². The first kappa shape index (κ1) is 14.2. The van der Waals surface area contributed by atoms with Gasteiger partial charge in [-0.15, -0.1) is 0 Å². The van der Waals surface area contributed by atoms with E-state index in [9.17, 15) is 0 Å². The van der Waals surface area contributed by atoms with Gasteiger partial charge in [0.25, 0.3) is 0 Å². The number of ether oxygens (including phenoxy) is 1. The number of imidazole rings is 1. The molecule has 0 aliphatic carbocycles. The number of fused-ring (bicyclic) bond motifs is 1. The Kier molecular flexibility index (Phi) is 3.94. The molecule has 0 spiro atoms. The van der Waals surface area contributed by atoms with Crippen molar-refractivity contribution in [2.75, 3.05) is 13.2 Å². The van der Waals surface area contributed by atoms with Crippen LogP contribution in [0.15, 0.2) is 55.0 Å². The molecule has 0 N–H and O–H groups in total. The molecular formula is C18H20N4O. The first-order valence-corrected chi connectivity index (χ1v) is 8.09. The molecule has 2 aromatic heterocycles. The highest BCUT2D eigenvalue weighted by molar-refractivity contribution is 5.30. The summed E-state index contributed by atoms with van der Waals surface area (Å²) in [6.45, 7) is 2.73. The van der Waals surface area contributed by atoms with Crippen LogP contribution in [0.4, 0.5) is 0 Å². The summed E-state index contributed by atoms with van der Waals surface area (Å²) in [5.74, 6) is 1.71. The van der Waals surface area contributed by atoms with E-state index in [1.165, 1.54) is 18.5 Å². The molecule has 1 saturated heterocycles. The van der Waals surface area contributed by atoms with E-state index in [-0.39, 0.29) is 0 Å². The predicted molar refractivity (Wildman–Crippen MR) is 88.4 cm³/mol. The molecule has 1 aromatic carbocycles. The molecule has 0 saturated carbocycles. The Balaban J connectivity index is 1.43. The van der Waals surface area contributed by atoms with Crippen molar-refractivity contribution in [2.24, 2.45) is 0 Å². The zero-order valence-corrected chi connectivity index (χ0v) is 13.0. The zero-order chi connectivity index (χ0) is 15.5. The molecule has 23 heavy (non-hydrogen) atoms. The standard InChI is InChI=1S/C18H20N4O/c1-2-7-17(8-3-1)23-14-15-6-4-10-21(15)13-16-12-20-18-19-9-5-11-22(16)18/h1-3,5,7-9,11-12,15H,4,6,10,13-14H2. The number of rotatable bonds is 5. The first-order valence-electron chi connectivity index (χ1n) is 8.09. The van der Waals surface area contributed by atoms with Crippen LogP contribution in [0.2, 0.25) is 0 Å². The third-order valence-electron chi connectivity index (χ3n) is 4.41. The molecule has 4 rings (SSSR count). The van der Waals surface area contributed by atoms with Crippen LogP contribution in [0, 0.1) is 0 Å². The lowest BCUT2D eigenvalue weighted by molar-refractivity contribution is 0.165. The second kappa shape index (κ2) is 6.38. The summed E-state index contributed by atoms with van der Waals surface area (Å²) in [5.41, 5.74) is 1.18. The maximum Gasteiger partial charge on any atom is 0.233 e. The fourth-order valence-corrected chi connectivity index (χ4v) is 3.20. The summed E-state index contributed by atoms with van der Waals surface area (Å²) in [6, 6.07) is 12.4. The topological polar surface area (TPSA) is 42.7 Å². The van der Waals surface area contributed by atoms with E-state index in [0.717, 1.165) is 31.2 Å². The quantitative estimate of drug-likeness (QED) is 0.727. The molecule has 5 heteroatoms. The lowest BCUT2D eigenvalue weighted by atomic mass is 10.2. The van der Waals surface area contributed by atoms with Gasteiger partial charge in [-0.3, -0.25) is 9.30 Å². The highest BCUT2D eigenvalue weighted by Crippen LogP contribution is 2.21. The minimum Gasteiger partial charge on any atom is -0.492 e. The molecular weight excluding hydrogens is 288 g/mol. The minimum atomic E-state index is 0.456. The van der Waals surface area contributed by atoms with Crippen LogP contribution in [0.25, 0.3) is 5.78 Å². The van der Waals surface area contributed by atoms with Crippen LogP contribution in [-0.4, -0.2) is 38.5 Å². The van der Waals surface area contributed by atoms with Gasteiger partial charge in [0.1, 0.15) is 12.4 Å². The lowest BCUT2D eigenvalue weighted by Crippen LogP contribution is -2.34. The Morgan fingerprint density at radius 2 is 2.04 bits per heavy atom. The van der Waals surface area contributed by atoms with Gasteiger partial charge in [0.05, 0.1) is 11.9 Å². The van der Waals surface area contributed by atoms with Gasteiger partial charge < -0.3 is 4.74 Å². The third-order valence-corrected chi connectivity index (χ3v) is 4.41. The summed E-state index contributed by atoms with van der Waals surface area (Å²) in [6.07, 6.45) is 8.13. The highest BCUT2D eigenvalue weighted by atomic mass is 16.5. The second-order valence-electron chi connectivity index (χ2n) is 5.93. The Bertz CT molecular complexity index is 771. The molecule has 1 aliphatic heterocycles. The van der Waals surface area contributed by atoms with Crippen molar-refractivity contribution in [3.05, 3.63) is 60.7 Å². The molecule has 5 nitrogen and oxygen atoms in total. The number of benzene rings is 1. The molecule has 0 bridgehead atoms. The number of hydrogen-bond acceptors (Lipinski definition) is 4. The summed E-state index contributed by atoms with van der Waals surface area (Å²) in [4.78, 5) is 11.1. The van der Waals surface area contributed by atoms with Crippen LogP contribution in [-0.2, 0) is 6.54 Å². The van der Waals surface area contributed by atoms with Crippen molar-refractivity contribution in [2.45, 2.75) is 25.4 Å². The van der Waals surface area contributed by atoms with Crippen LogP contribution in [0.1, 0.15) is 18.5 Å². The van der Waals surface area contributed by atoms with Crippen molar-refractivity contribution in [1.82, 2.24) is 19.3 Å². The van der Waals surface area contributed by atoms with Crippen molar-refractivity contribution < 1.29 is 4.74 Å². The summed E-state index contributed by atoms with van der Waals surface area (Å²) < 4.78 is 8.01. The molecule has 3 aromatic rings. The van der Waals surface area contributed by atoms with E-state index in [1.54, 1.807) is 6.20 Å². The Hall–Kier alpha value is -2.40. The minimum absolute atomic E-state index is 0.456. The second-order valence-corrected chi connectivity index (χ2v) is 5.93. The number of aromatic nitrogens is 3. The Morgan fingerprint density at radius 3 is 2.96 bits per heavy atom. The maximum absolute atomic E-state index is 5.95. The van der Waals surface area contributed by atoms with Crippen LogP contribution < -0.4 is 4.74 Å². The number of hydrogen-bond donors (Lipinski definition) is 0. The zero-order valence-electron chi connectivity index (χ0n) is 13.0. The van der Waals surface area contributed by atoms with Gasteiger partial charge in [0.2, 0.25) is 5.78 Å². The van der Waals surface area contributed by atoms with Crippen LogP contribution in [0.3, 0.4) is 0 Å². The summed E-state index contributed by atoms with van der Waals surface area (Å²) in [5, 5.41) is 0. The average Bonchev–Trinajstić information content (AvgIpc) is 3.22. The van der Waals surface area contributed by atoms with E-state index in [0.29, 0.717) is 6.04 Å². The smallest absolute Gasteiger partial charge is 0.233 e. The Morgan fingerprint density at radius 1 is 1.13 bits per heavy atom. The van der Waals surface area contributed by atoms with Crippen molar-refractivity contribution in [1.29, 1.82) is 0 Å². The number of nitrogens with zero attached hydrogens (tertiary/aromatic N) is 4. The van der Waals surface area contributed by atoms with E-state index >= 15 is 0 Å². The van der Waals surface area contributed by atoms with Crippen molar-refractivity contribution in [3.8, 4) is 5.75 Å². The summed E-state index contributed by atoms with van der Waals surface area (Å²) >= 11 is 0. The molecule has 1 atom stereocenters. The molecule has 0 radical (unpaired) electrons. The van der Waals surface area contributed by atoms with Gasteiger partial charge in [0, 0.05) is 25.0 Å². The van der Waals surface area contributed by atoms with Gasteiger partial charge in [-0.05, 0) is 37.6 Å². The van der Waals surface area contributed by atoms with Crippen molar-refractivity contribution in [3.63, 3.8) is 0 Å².